The summed E-state index contributed by atoms with van der Waals surface area (Å²) < 4.78 is 11.8. The molecule has 4 heteroatoms. The van der Waals surface area contributed by atoms with Gasteiger partial charge in [-0.3, -0.25) is 0 Å². The van der Waals surface area contributed by atoms with Crippen LogP contribution in [0.3, 0.4) is 0 Å². The Labute approximate surface area is 130 Å². The van der Waals surface area contributed by atoms with Gasteiger partial charge in [-0.1, -0.05) is 19.8 Å². The predicted molar refractivity (Wildman–Crippen MR) is 85.4 cm³/mol. The highest BCUT2D eigenvalue weighted by Gasteiger charge is 2.39. The largest absolute Gasteiger partial charge is 0.496 e. The molecule has 0 spiro atoms. The molecule has 1 aromatic carbocycles. The molecule has 3 nitrogen and oxygen atoms in total. The van der Waals surface area contributed by atoms with Gasteiger partial charge in [-0.05, 0) is 52.7 Å². The number of methoxy groups -OCH3 is 2. The average molecular weight is 342 g/mol. The fraction of sp³-hybridized carbons (Fsp3) is 0.625. The second-order valence-corrected chi connectivity index (χ2v) is 6.48. The first-order valence-corrected chi connectivity index (χ1v) is 8.04. The summed E-state index contributed by atoms with van der Waals surface area (Å²) in [5.41, 5.74) is 7.90. The molecule has 1 saturated carbocycles. The number of hydrogen-bond donors (Lipinski definition) is 1. The summed E-state index contributed by atoms with van der Waals surface area (Å²) in [4.78, 5) is 0. The van der Waals surface area contributed by atoms with Crippen LogP contribution in [0.15, 0.2) is 16.6 Å². The molecule has 0 bridgehead atoms. The Kier molecular flexibility index (Phi) is 4.97. The van der Waals surface area contributed by atoms with Crippen molar-refractivity contribution in [3.05, 3.63) is 22.2 Å². The van der Waals surface area contributed by atoms with Crippen molar-refractivity contribution in [2.45, 2.75) is 45.1 Å². The van der Waals surface area contributed by atoms with Crippen molar-refractivity contribution in [2.75, 3.05) is 14.2 Å². The lowest BCUT2D eigenvalue weighted by Gasteiger charge is -2.35. The van der Waals surface area contributed by atoms with Gasteiger partial charge < -0.3 is 15.2 Å². The number of ether oxygens (including phenoxy) is 2. The van der Waals surface area contributed by atoms with Crippen molar-refractivity contribution >= 4 is 15.9 Å². The smallest absolute Gasteiger partial charge is 0.133 e. The normalized spacial score (nSPS) is 18.9. The van der Waals surface area contributed by atoms with Crippen LogP contribution >= 0.6 is 15.9 Å². The zero-order valence-electron chi connectivity index (χ0n) is 12.5. The van der Waals surface area contributed by atoms with Gasteiger partial charge in [-0.25, -0.2) is 0 Å². The minimum Gasteiger partial charge on any atom is -0.496 e. The second kappa shape index (κ2) is 6.35. The molecule has 1 atom stereocenters. The first kappa shape index (κ1) is 15.6. The molecule has 0 aromatic heterocycles. The maximum atomic E-state index is 6.64. The van der Waals surface area contributed by atoms with E-state index in [2.05, 4.69) is 22.9 Å². The third-order valence-electron chi connectivity index (χ3n) is 4.80. The summed E-state index contributed by atoms with van der Waals surface area (Å²) in [7, 11) is 3.37. The van der Waals surface area contributed by atoms with Crippen LogP contribution in [0.2, 0.25) is 0 Å². The molecule has 0 saturated heterocycles. The molecular formula is C16H24BrNO2. The van der Waals surface area contributed by atoms with Gasteiger partial charge in [0.25, 0.3) is 0 Å². The molecule has 2 N–H and O–H groups in total. The molecule has 112 valence electrons. The van der Waals surface area contributed by atoms with E-state index in [1.807, 2.05) is 12.1 Å². The van der Waals surface area contributed by atoms with Crippen LogP contribution in [0.1, 0.15) is 50.6 Å². The lowest BCUT2D eigenvalue weighted by molar-refractivity contribution is 0.217. The fourth-order valence-corrected chi connectivity index (χ4v) is 3.90. The molecule has 0 heterocycles. The van der Waals surface area contributed by atoms with Crippen molar-refractivity contribution in [2.24, 2.45) is 11.1 Å². The standard InChI is InChI=1S/C16H24BrNO2/c1-4-16(7-5-6-8-16)15(18)11-9-14(20-3)12(17)10-13(11)19-2/h9-10,15H,4-8,18H2,1-3H3. The van der Waals surface area contributed by atoms with Gasteiger partial charge in [-0.15, -0.1) is 0 Å². The maximum absolute atomic E-state index is 6.64. The Balaban J connectivity index is 2.44. The fourth-order valence-electron chi connectivity index (χ4n) is 3.42. The van der Waals surface area contributed by atoms with Crippen LogP contribution in [-0.4, -0.2) is 14.2 Å². The highest BCUT2D eigenvalue weighted by molar-refractivity contribution is 9.10. The van der Waals surface area contributed by atoms with Gasteiger partial charge in [0.2, 0.25) is 0 Å². The number of benzene rings is 1. The van der Waals surface area contributed by atoms with Crippen LogP contribution < -0.4 is 15.2 Å². The van der Waals surface area contributed by atoms with E-state index in [-0.39, 0.29) is 11.5 Å². The van der Waals surface area contributed by atoms with E-state index in [1.54, 1.807) is 14.2 Å². The van der Waals surface area contributed by atoms with Crippen molar-refractivity contribution in [1.82, 2.24) is 0 Å². The first-order valence-electron chi connectivity index (χ1n) is 7.25. The molecule has 0 radical (unpaired) electrons. The van der Waals surface area contributed by atoms with Crippen LogP contribution in [-0.2, 0) is 0 Å². The Bertz CT molecular complexity index is 470. The second-order valence-electron chi connectivity index (χ2n) is 5.63. The van der Waals surface area contributed by atoms with E-state index in [0.717, 1.165) is 28.0 Å². The average Bonchev–Trinajstić information content (AvgIpc) is 2.96. The van der Waals surface area contributed by atoms with Gasteiger partial charge in [-0.2, -0.15) is 0 Å². The summed E-state index contributed by atoms with van der Waals surface area (Å²) in [5.74, 6) is 1.64. The number of hydrogen-bond acceptors (Lipinski definition) is 3. The van der Waals surface area contributed by atoms with E-state index in [9.17, 15) is 0 Å². The number of nitrogens with two attached hydrogens (primary N) is 1. The topological polar surface area (TPSA) is 44.5 Å². The van der Waals surface area contributed by atoms with E-state index in [0.29, 0.717) is 0 Å². The van der Waals surface area contributed by atoms with E-state index in [4.69, 9.17) is 15.2 Å². The Morgan fingerprint density at radius 3 is 2.30 bits per heavy atom. The molecule has 20 heavy (non-hydrogen) atoms. The lowest BCUT2D eigenvalue weighted by Crippen LogP contribution is -2.32. The van der Waals surface area contributed by atoms with Crippen LogP contribution in [0.5, 0.6) is 11.5 Å². The SMILES string of the molecule is CCC1(C(N)c2cc(OC)c(Br)cc2OC)CCCC1. The van der Waals surface area contributed by atoms with Crippen LogP contribution in [0.25, 0.3) is 0 Å². The summed E-state index contributed by atoms with van der Waals surface area (Å²) in [5, 5.41) is 0. The highest BCUT2D eigenvalue weighted by atomic mass is 79.9. The summed E-state index contributed by atoms with van der Waals surface area (Å²) in [6.07, 6.45) is 6.06. The molecule has 1 aromatic rings. The van der Waals surface area contributed by atoms with Crippen molar-refractivity contribution in [3.8, 4) is 11.5 Å². The van der Waals surface area contributed by atoms with E-state index < -0.39 is 0 Å². The third-order valence-corrected chi connectivity index (χ3v) is 5.42. The lowest BCUT2D eigenvalue weighted by atomic mass is 9.73. The summed E-state index contributed by atoms with van der Waals surface area (Å²) in [6.45, 7) is 2.24. The molecular weight excluding hydrogens is 318 g/mol. The molecule has 1 aliphatic carbocycles. The van der Waals surface area contributed by atoms with Crippen molar-refractivity contribution in [1.29, 1.82) is 0 Å². The maximum Gasteiger partial charge on any atom is 0.133 e. The Hall–Kier alpha value is -0.740. The molecule has 1 unspecified atom stereocenters. The zero-order valence-corrected chi connectivity index (χ0v) is 14.1. The predicted octanol–water partition coefficient (Wildman–Crippen LogP) is 4.44. The van der Waals surface area contributed by atoms with Crippen molar-refractivity contribution < 1.29 is 9.47 Å². The van der Waals surface area contributed by atoms with Gasteiger partial charge in [0.05, 0.1) is 18.7 Å². The van der Waals surface area contributed by atoms with Gasteiger partial charge in [0.1, 0.15) is 11.5 Å². The summed E-state index contributed by atoms with van der Waals surface area (Å²) >= 11 is 3.50. The minimum absolute atomic E-state index is 0.00745. The molecule has 1 fully saturated rings. The quantitative estimate of drug-likeness (QED) is 0.861. The number of halogens is 1. The Morgan fingerprint density at radius 2 is 1.80 bits per heavy atom. The van der Waals surface area contributed by atoms with Gasteiger partial charge in [0.15, 0.2) is 0 Å². The number of rotatable bonds is 5. The molecule has 2 rings (SSSR count). The van der Waals surface area contributed by atoms with Gasteiger partial charge in [0, 0.05) is 11.6 Å². The van der Waals surface area contributed by atoms with Crippen LogP contribution in [0.4, 0.5) is 0 Å². The van der Waals surface area contributed by atoms with Gasteiger partial charge >= 0.3 is 0 Å². The zero-order chi connectivity index (χ0) is 14.8. The molecule has 0 amide bonds. The first-order chi connectivity index (χ1) is 9.57. The summed E-state index contributed by atoms with van der Waals surface area (Å²) in [6, 6.07) is 3.96. The minimum atomic E-state index is -0.00745. The van der Waals surface area contributed by atoms with E-state index in [1.165, 1.54) is 25.7 Å². The van der Waals surface area contributed by atoms with E-state index >= 15 is 0 Å². The molecule has 0 aliphatic heterocycles. The highest BCUT2D eigenvalue weighted by Crippen LogP contribution is 2.51. The molecule has 1 aliphatic rings. The van der Waals surface area contributed by atoms with Crippen LogP contribution in [0, 0.1) is 5.41 Å². The Morgan fingerprint density at radius 1 is 1.20 bits per heavy atom. The monoisotopic (exact) mass is 341 g/mol. The van der Waals surface area contributed by atoms with Crippen molar-refractivity contribution in [3.63, 3.8) is 0 Å². The third kappa shape index (κ3) is 2.68.